The van der Waals surface area contributed by atoms with Crippen molar-refractivity contribution in [2.75, 3.05) is 26.3 Å². The van der Waals surface area contributed by atoms with Crippen molar-refractivity contribution in [2.45, 2.75) is 45.2 Å². The lowest BCUT2D eigenvalue weighted by atomic mass is 9.73. The second-order valence-electron chi connectivity index (χ2n) is 7.61. The highest BCUT2D eigenvalue weighted by Gasteiger charge is 2.41. The number of ether oxygens (including phenoxy) is 1. The molecule has 4 nitrogen and oxygen atoms in total. The highest BCUT2D eigenvalue weighted by atomic mass is 79.9. The second-order valence-corrected chi connectivity index (χ2v) is 8.53. The fourth-order valence-electron chi connectivity index (χ4n) is 4.05. The zero-order valence-corrected chi connectivity index (χ0v) is 19.0. The molecule has 5 heteroatoms. The van der Waals surface area contributed by atoms with Crippen LogP contribution in [0.4, 0.5) is 0 Å². The van der Waals surface area contributed by atoms with Gasteiger partial charge in [-0.3, -0.25) is 9.69 Å². The van der Waals surface area contributed by atoms with Crippen LogP contribution in [0.5, 0.6) is 0 Å². The Labute approximate surface area is 182 Å². The Morgan fingerprint density at radius 2 is 1.66 bits per heavy atom. The van der Waals surface area contributed by atoms with Crippen LogP contribution in [0.2, 0.25) is 0 Å². The Morgan fingerprint density at radius 1 is 1.03 bits per heavy atom. The fourth-order valence-corrected chi connectivity index (χ4v) is 4.32. The molecule has 0 radical (unpaired) electrons. The van der Waals surface area contributed by atoms with E-state index in [9.17, 15) is 4.79 Å². The number of halogens is 1. The van der Waals surface area contributed by atoms with Crippen molar-refractivity contribution in [3.63, 3.8) is 0 Å². The first-order valence-corrected chi connectivity index (χ1v) is 11.3. The van der Waals surface area contributed by atoms with Crippen molar-refractivity contribution in [2.24, 2.45) is 0 Å². The van der Waals surface area contributed by atoms with Crippen LogP contribution < -0.4 is 5.32 Å². The average Bonchev–Trinajstić information content (AvgIpc) is 2.77. The molecule has 1 fully saturated rings. The summed E-state index contributed by atoms with van der Waals surface area (Å²) in [5, 5.41) is 3.25. The Kier molecular flexibility index (Phi) is 7.87. The van der Waals surface area contributed by atoms with E-state index in [4.69, 9.17) is 4.74 Å². The van der Waals surface area contributed by atoms with Gasteiger partial charge in [0.25, 0.3) is 0 Å². The summed E-state index contributed by atoms with van der Waals surface area (Å²) >= 11 is 3.50. The molecule has 2 aromatic rings. The van der Waals surface area contributed by atoms with Crippen LogP contribution in [0.1, 0.15) is 43.4 Å². The van der Waals surface area contributed by atoms with Gasteiger partial charge >= 0.3 is 0 Å². The molecule has 1 heterocycles. The molecule has 0 spiro atoms. The van der Waals surface area contributed by atoms with Gasteiger partial charge in [0.15, 0.2) is 0 Å². The topological polar surface area (TPSA) is 41.6 Å². The van der Waals surface area contributed by atoms with E-state index in [0.29, 0.717) is 32.6 Å². The Balaban J connectivity index is 1.77. The molecule has 3 rings (SSSR count). The van der Waals surface area contributed by atoms with Gasteiger partial charge in [0.05, 0.1) is 5.41 Å². The smallest absolute Gasteiger partial charge is 0.231 e. The Hall–Kier alpha value is -1.69. The molecule has 1 aliphatic rings. The van der Waals surface area contributed by atoms with Gasteiger partial charge in [0.2, 0.25) is 5.91 Å². The van der Waals surface area contributed by atoms with Crippen molar-refractivity contribution in [1.82, 2.24) is 10.2 Å². The SMILES string of the molecule is CCN(CC)Cc1ccccc1CNC(=O)C1(c2ccc(Br)cc2)CCOCC1. The lowest BCUT2D eigenvalue weighted by Gasteiger charge is -2.36. The van der Waals surface area contributed by atoms with Crippen LogP contribution in [0.25, 0.3) is 0 Å². The fraction of sp³-hybridized carbons (Fsp3) is 0.458. The first-order valence-electron chi connectivity index (χ1n) is 10.5. The molecule has 29 heavy (non-hydrogen) atoms. The van der Waals surface area contributed by atoms with E-state index >= 15 is 0 Å². The minimum atomic E-state index is -0.521. The maximum absolute atomic E-state index is 13.4. The van der Waals surface area contributed by atoms with Crippen molar-refractivity contribution >= 4 is 21.8 Å². The monoisotopic (exact) mass is 458 g/mol. The molecule has 0 aromatic heterocycles. The number of rotatable bonds is 8. The van der Waals surface area contributed by atoms with E-state index in [1.807, 2.05) is 18.2 Å². The van der Waals surface area contributed by atoms with Gasteiger partial charge in [0.1, 0.15) is 0 Å². The lowest BCUT2D eigenvalue weighted by Crippen LogP contribution is -2.47. The largest absolute Gasteiger partial charge is 0.381 e. The maximum atomic E-state index is 13.4. The maximum Gasteiger partial charge on any atom is 0.231 e. The number of carbonyl (C=O) groups excluding carboxylic acids is 1. The summed E-state index contributed by atoms with van der Waals surface area (Å²) in [5.41, 5.74) is 3.01. The summed E-state index contributed by atoms with van der Waals surface area (Å²) < 4.78 is 6.60. The molecule has 0 unspecified atom stereocenters. The molecule has 2 aromatic carbocycles. The number of amides is 1. The van der Waals surface area contributed by atoms with E-state index < -0.39 is 5.41 Å². The second kappa shape index (κ2) is 10.4. The van der Waals surface area contributed by atoms with Crippen LogP contribution in [-0.2, 0) is 28.0 Å². The van der Waals surface area contributed by atoms with E-state index in [1.54, 1.807) is 0 Å². The van der Waals surface area contributed by atoms with Crippen molar-refractivity contribution in [3.05, 3.63) is 69.7 Å². The van der Waals surface area contributed by atoms with Gasteiger partial charge in [0, 0.05) is 30.8 Å². The van der Waals surface area contributed by atoms with E-state index in [2.05, 4.69) is 70.3 Å². The van der Waals surface area contributed by atoms with Crippen LogP contribution in [0.15, 0.2) is 53.0 Å². The summed E-state index contributed by atoms with van der Waals surface area (Å²) in [6.45, 7) is 9.08. The predicted molar refractivity (Wildman–Crippen MR) is 121 cm³/mol. The predicted octanol–water partition coefficient (Wildman–Crippen LogP) is 4.66. The highest BCUT2D eigenvalue weighted by molar-refractivity contribution is 9.10. The number of nitrogens with one attached hydrogen (secondary N) is 1. The third-order valence-electron chi connectivity index (χ3n) is 6.02. The third-order valence-corrected chi connectivity index (χ3v) is 6.55. The van der Waals surface area contributed by atoms with Gasteiger partial charge in [-0.2, -0.15) is 0 Å². The molecular weight excluding hydrogens is 428 g/mol. The minimum Gasteiger partial charge on any atom is -0.381 e. The first-order chi connectivity index (χ1) is 14.1. The highest BCUT2D eigenvalue weighted by Crippen LogP contribution is 2.36. The molecule has 0 saturated carbocycles. The quantitative estimate of drug-likeness (QED) is 0.625. The zero-order chi connectivity index (χ0) is 20.7. The molecule has 0 aliphatic carbocycles. The molecule has 156 valence electrons. The molecule has 1 amide bonds. The number of hydrogen-bond acceptors (Lipinski definition) is 3. The average molecular weight is 459 g/mol. The molecule has 1 aliphatic heterocycles. The molecule has 0 atom stereocenters. The van der Waals surface area contributed by atoms with Crippen LogP contribution in [0.3, 0.4) is 0 Å². The van der Waals surface area contributed by atoms with Gasteiger partial charge < -0.3 is 10.1 Å². The van der Waals surface area contributed by atoms with Crippen LogP contribution in [-0.4, -0.2) is 37.1 Å². The van der Waals surface area contributed by atoms with E-state index in [1.165, 1.54) is 11.1 Å². The molecule has 1 N–H and O–H groups in total. The third kappa shape index (κ3) is 5.27. The van der Waals surface area contributed by atoms with E-state index in [-0.39, 0.29) is 5.91 Å². The molecular formula is C24H31BrN2O2. The summed E-state index contributed by atoms with van der Waals surface area (Å²) in [6, 6.07) is 16.6. The normalized spacial score (nSPS) is 16.0. The summed E-state index contributed by atoms with van der Waals surface area (Å²) in [5.74, 6) is 0.0979. The molecule has 1 saturated heterocycles. The van der Waals surface area contributed by atoms with Crippen molar-refractivity contribution in [3.8, 4) is 0 Å². The molecule has 0 bridgehead atoms. The van der Waals surface area contributed by atoms with Crippen molar-refractivity contribution in [1.29, 1.82) is 0 Å². The Bertz CT molecular complexity index is 797. The number of carbonyl (C=O) groups is 1. The number of nitrogens with zero attached hydrogens (tertiary/aromatic N) is 1. The van der Waals surface area contributed by atoms with Gasteiger partial charge in [-0.15, -0.1) is 0 Å². The summed E-state index contributed by atoms with van der Waals surface area (Å²) in [7, 11) is 0. The van der Waals surface area contributed by atoms with E-state index in [0.717, 1.165) is 29.7 Å². The number of benzene rings is 2. The van der Waals surface area contributed by atoms with Gasteiger partial charge in [-0.1, -0.05) is 66.2 Å². The number of hydrogen-bond donors (Lipinski definition) is 1. The lowest BCUT2D eigenvalue weighted by molar-refractivity contribution is -0.130. The standard InChI is InChI=1S/C24H31BrN2O2/c1-3-27(4-2)18-20-8-6-5-7-19(20)17-26-23(28)24(13-15-29-16-14-24)21-9-11-22(25)12-10-21/h5-12H,3-4,13-18H2,1-2H3,(H,26,28). The summed E-state index contributed by atoms with van der Waals surface area (Å²) in [4.78, 5) is 15.8. The van der Waals surface area contributed by atoms with Gasteiger partial charge in [-0.05, 0) is 54.8 Å². The van der Waals surface area contributed by atoms with Gasteiger partial charge in [-0.25, -0.2) is 0 Å². The first kappa shape index (κ1) is 22.0. The van der Waals surface area contributed by atoms with Crippen LogP contribution >= 0.6 is 15.9 Å². The van der Waals surface area contributed by atoms with Crippen molar-refractivity contribution < 1.29 is 9.53 Å². The zero-order valence-electron chi connectivity index (χ0n) is 17.4. The summed E-state index contributed by atoms with van der Waals surface area (Å²) in [6.07, 6.45) is 1.42. The van der Waals surface area contributed by atoms with Crippen LogP contribution in [0, 0.1) is 0 Å². The minimum absolute atomic E-state index is 0.0979. The Morgan fingerprint density at radius 3 is 2.28 bits per heavy atom.